The van der Waals surface area contributed by atoms with Gasteiger partial charge in [0.05, 0.1) is 37.5 Å². The molecule has 3 saturated heterocycles. The van der Waals surface area contributed by atoms with Gasteiger partial charge in [0.25, 0.3) is 5.91 Å². The topological polar surface area (TPSA) is 71.3 Å². The molecule has 3 aliphatic heterocycles. The number of halogens is 2. The van der Waals surface area contributed by atoms with Crippen molar-refractivity contribution in [1.29, 1.82) is 0 Å². The van der Waals surface area contributed by atoms with Gasteiger partial charge in [-0.1, -0.05) is 19.9 Å². The van der Waals surface area contributed by atoms with E-state index in [1.54, 1.807) is 22.3 Å². The maximum absolute atomic E-state index is 15.4. The molecular weight excluding hydrogens is 552 g/mol. The fraction of sp³-hybridized carbons (Fsp3) is 0.576. The second-order valence-electron chi connectivity index (χ2n) is 12.7. The van der Waals surface area contributed by atoms with Gasteiger partial charge in [0.15, 0.2) is 0 Å². The van der Waals surface area contributed by atoms with E-state index in [0.717, 1.165) is 51.2 Å². The molecule has 3 fully saturated rings. The quantitative estimate of drug-likeness (QED) is 0.409. The van der Waals surface area contributed by atoms with Gasteiger partial charge in [0.1, 0.15) is 17.2 Å². The normalized spacial score (nSPS) is 22.7. The second-order valence-corrected chi connectivity index (χ2v) is 12.7. The average Bonchev–Trinajstić information content (AvgIpc) is 3.26. The third kappa shape index (κ3) is 6.07. The summed E-state index contributed by atoms with van der Waals surface area (Å²) in [7, 11) is 0. The van der Waals surface area contributed by atoms with Crippen LogP contribution in [0.3, 0.4) is 0 Å². The van der Waals surface area contributed by atoms with Crippen molar-refractivity contribution in [3.63, 3.8) is 0 Å². The molecule has 0 bridgehead atoms. The van der Waals surface area contributed by atoms with Crippen molar-refractivity contribution in [1.82, 2.24) is 24.5 Å². The zero-order chi connectivity index (χ0) is 30.2. The SMILES string of the molecule is Cc1nc(F)c2c(-c3ccc(F)cc3C(=O)N3CCOC[C@H]3C)cc(C3CN([C@H](CC[C@@H]4CNCCO4)C(C)C)C3)cn12. The Hall–Kier alpha value is -2.92. The van der Waals surface area contributed by atoms with Gasteiger partial charge in [-0.3, -0.25) is 9.69 Å². The molecule has 1 amide bonds. The molecule has 5 heterocycles. The first-order valence-corrected chi connectivity index (χ1v) is 15.6. The first kappa shape index (κ1) is 30.1. The van der Waals surface area contributed by atoms with E-state index in [1.807, 2.05) is 19.2 Å². The molecule has 0 radical (unpaired) electrons. The van der Waals surface area contributed by atoms with Gasteiger partial charge >= 0.3 is 0 Å². The zero-order valence-electron chi connectivity index (χ0n) is 25.6. The number of morpholine rings is 2. The van der Waals surface area contributed by atoms with Gasteiger partial charge in [0, 0.05) is 56.4 Å². The lowest BCUT2D eigenvalue weighted by Crippen LogP contribution is -2.53. The van der Waals surface area contributed by atoms with Crippen molar-refractivity contribution >= 4 is 11.4 Å². The Morgan fingerprint density at radius 3 is 2.70 bits per heavy atom. The van der Waals surface area contributed by atoms with Crippen LogP contribution < -0.4 is 5.32 Å². The summed E-state index contributed by atoms with van der Waals surface area (Å²) in [6.45, 7) is 13.9. The summed E-state index contributed by atoms with van der Waals surface area (Å²) in [6, 6.07) is 6.50. The van der Waals surface area contributed by atoms with Crippen LogP contribution in [0.4, 0.5) is 8.78 Å². The van der Waals surface area contributed by atoms with E-state index in [2.05, 4.69) is 29.0 Å². The summed E-state index contributed by atoms with van der Waals surface area (Å²) in [5, 5.41) is 3.42. The monoisotopic (exact) mass is 595 g/mol. The van der Waals surface area contributed by atoms with Gasteiger partial charge in [0.2, 0.25) is 5.95 Å². The average molecular weight is 596 g/mol. The smallest absolute Gasteiger partial charge is 0.254 e. The highest BCUT2D eigenvalue weighted by Gasteiger charge is 2.36. The van der Waals surface area contributed by atoms with Crippen LogP contribution in [0.5, 0.6) is 0 Å². The largest absolute Gasteiger partial charge is 0.377 e. The highest BCUT2D eigenvalue weighted by atomic mass is 19.1. The molecule has 0 unspecified atom stereocenters. The Bertz CT molecular complexity index is 1460. The lowest BCUT2D eigenvalue weighted by Gasteiger charge is -2.47. The minimum absolute atomic E-state index is 0.145. The molecule has 3 atom stereocenters. The summed E-state index contributed by atoms with van der Waals surface area (Å²) >= 11 is 0. The first-order chi connectivity index (χ1) is 20.7. The van der Waals surface area contributed by atoms with Gasteiger partial charge in [-0.05, 0) is 61.9 Å². The lowest BCUT2D eigenvalue weighted by molar-refractivity contribution is 0.00361. The van der Waals surface area contributed by atoms with Crippen LogP contribution in [0.15, 0.2) is 30.5 Å². The molecule has 8 nitrogen and oxygen atoms in total. The number of fused-ring (bicyclic) bond motifs is 1. The van der Waals surface area contributed by atoms with Crippen LogP contribution in [-0.2, 0) is 9.47 Å². The van der Waals surface area contributed by atoms with Gasteiger partial charge < -0.3 is 24.1 Å². The summed E-state index contributed by atoms with van der Waals surface area (Å²) in [4.78, 5) is 22.2. The number of amides is 1. The lowest BCUT2D eigenvalue weighted by atomic mass is 9.85. The maximum Gasteiger partial charge on any atom is 0.254 e. The van der Waals surface area contributed by atoms with Crippen molar-refractivity contribution in [2.75, 3.05) is 52.5 Å². The number of likely N-dealkylation sites (tertiary alicyclic amines) is 1. The number of carbonyl (C=O) groups is 1. The number of pyridine rings is 1. The summed E-state index contributed by atoms with van der Waals surface area (Å²) in [5.41, 5.74) is 2.65. The van der Waals surface area contributed by atoms with Crippen LogP contribution in [-0.4, -0.2) is 95.8 Å². The van der Waals surface area contributed by atoms with Gasteiger partial charge in [-0.15, -0.1) is 0 Å². The zero-order valence-corrected chi connectivity index (χ0v) is 25.6. The first-order valence-electron chi connectivity index (χ1n) is 15.6. The van der Waals surface area contributed by atoms with Crippen LogP contribution in [0.1, 0.15) is 61.3 Å². The van der Waals surface area contributed by atoms with Crippen molar-refractivity contribution < 1.29 is 23.0 Å². The van der Waals surface area contributed by atoms with E-state index >= 15 is 4.39 Å². The fourth-order valence-corrected chi connectivity index (χ4v) is 6.96. The molecule has 1 N–H and O–H groups in total. The summed E-state index contributed by atoms with van der Waals surface area (Å²) < 4.78 is 43.2. The van der Waals surface area contributed by atoms with Gasteiger partial charge in [-0.25, -0.2) is 9.37 Å². The van der Waals surface area contributed by atoms with Crippen molar-refractivity contribution in [3.05, 3.63) is 59.2 Å². The number of aryl methyl sites for hydroxylation is 1. The maximum atomic E-state index is 15.4. The molecule has 3 aliphatic rings. The number of nitrogens with zero attached hydrogens (tertiary/aromatic N) is 4. The third-order valence-electron chi connectivity index (χ3n) is 9.43. The Balaban J connectivity index is 1.30. The summed E-state index contributed by atoms with van der Waals surface area (Å²) in [5.74, 6) is -0.0938. The number of nitrogens with one attached hydrogen (secondary N) is 1. The predicted molar refractivity (Wildman–Crippen MR) is 161 cm³/mol. The molecule has 0 aliphatic carbocycles. The number of carbonyl (C=O) groups excluding carboxylic acids is 1. The standard InChI is InChI=1S/C33H43F2N5O3/c1-20(2)30(8-6-26-15-36-9-11-43-26)38-16-24(17-38)23-13-28(31-32(35)37-22(4)40(31)18-23)27-7-5-25(34)14-29(27)33(41)39-10-12-42-19-21(39)3/h5,7,13-14,18,20-21,24,26,30,36H,6,8-12,15-17,19H2,1-4H3/t21-,26-,30-/m1/s1. The van der Waals surface area contributed by atoms with Crippen molar-refractivity contribution in [3.8, 4) is 11.1 Å². The number of imidazole rings is 1. The molecule has 3 aromatic rings. The number of benzene rings is 1. The molecule has 43 heavy (non-hydrogen) atoms. The molecule has 0 spiro atoms. The van der Waals surface area contributed by atoms with E-state index in [-0.39, 0.29) is 29.5 Å². The number of rotatable bonds is 8. The van der Waals surface area contributed by atoms with Crippen LogP contribution in [0.2, 0.25) is 0 Å². The van der Waals surface area contributed by atoms with Gasteiger partial charge in [-0.2, -0.15) is 4.39 Å². The molecule has 2 aromatic heterocycles. The molecular formula is C33H43F2N5O3. The van der Waals surface area contributed by atoms with Crippen LogP contribution in [0.25, 0.3) is 16.6 Å². The molecule has 6 rings (SSSR count). The molecule has 1 aromatic carbocycles. The highest BCUT2D eigenvalue weighted by Crippen LogP contribution is 2.38. The predicted octanol–water partition coefficient (Wildman–Crippen LogP) is 4.64. The number of hydrogen-bond donors (Lipinski definition) is 1. The molecule has 10 heteroatoms. The van der Waals surface area contributed by atoms with Crippen molar-refractivity contribution in [2.45, 2.75) is 64.6 Å². The molecule has 232 valence electrons. The number of ether oxygens (including phenoxy) is 2. The van der Waals surface area contributed by atoms with E-state index in [9.17, 15) is 9.18 Å². The van der Waals surface area contributed by atoms with Crippen molar-refractivity contribution in [2.24, 2.45) is 5.92 Å². The van der Waals surface area contributed by atoms with Crippen LogP contribution >= 0.6 is 0 Å². The Kier molecular flexibility index (Phi) is 8.82. The van der Waals surface area contributed by atoms with E-state index < -0.39 is 11.8 Å². The minimum atomic E-state index is -0.601. The van der Waals surface area contributed by atoms with E-state index in [0.29, 0.717) is 54.2 Å². The fourth-order valence-electron chi connectivity index (χ4n) is 6.96. The molecule has 0 saturated carbocycles. The number of aromatic nitrogens is 2. The Morgan fingerprint density at radius 1 is 1.16 bits per heavy atom. The highest BCUT2D eigenvalue weighted by molar-refractivity contribution is 6.03. The summed E-state index contributed by atoms with van der Waals surface area (Å²) in [6.07, 6.45) is 4.36. The van der Waals surface area contributed by atoms with E-state index in [1.165, 1.54) is 12.1 Å². The Labute approximate surface area is 252 Å². The number of hydrogen-bond acceptors (Lipinski definition) is 6. The Morgan fingerprint density at radius 2 is 1.98 bits per heavy atom. The van der Waals surface area contributed by atoms with E-state index in [4.69, 9.17) is 9.47 Å². The minimum Gasteiger partial charge on any atom is -0.377 e. The third-order valence-corrected chi connectivity index (χ3v) is 9.43. The van der Waals surface area contributed by atoms with Crippen LogP contribution in [0, 0.1) is 24.6 Å². The second kappa shape index (κ2) is 12.6.